The maximum absolute atomic E-state index is 12.7. The zero-order valence-electron chi connectivity index (χ0n) is 12.5. The molecule has 112 valence electrons. The molecule has 3 nitrogen and oxygen atoms in total. The Morgan fingerprint density at radius 2 is 2.05 bits per heavy atom. The van der Waals surface area contributed by atoms with Crippen LogP contribution >= 0.6 is 15.9 Å². The van der Waals surface area contributed by atoms with Crippen LogP contribution in [0.5, 0.6) is 0 Å². The van der Waals surface area contributed by atoms with Gasteiger partial charge < -0.3 is 4.90 Å². The highest BCUT2D eigenvalue weighted by Gasteiger charge is 2.34. The number of hydrogen-bond donors (Lipinski definition) is 0. The number of aryl methyl sites for hydroxylation is 1. The molecule has 1 fully saturated rings. The summed E-state index contributed by atoms with van der Waals surface area (Å²) in [7, 11) is 0. The van der Waals surface area contributed by atoms with Crippen LogP contribution in [0.25, 0.3) is 0 Å². The first kappa shape index (κ1) is 14.8. The van der Waals surface area contributed by atoms with Crippen LogP contribution < -0.4 is 4.90 Å². The minimum atomic E-state index is 0.0481. The average molecular weight is 350 g/mol. The molecule has 1 aliphatic carbocycles. The van der Waals surface area contributed by atoms with Gasteiger partial charge in [-0.05, 0) is 49.3 Å². The molecule has 1 amide bonds. The first-order valence-electron chi connectivity index (χ1n) is 7.63. The highest BCUT2D eigenvalue weighted by molar-refractivity contribution is 9.10. The van der Waals surface area contributed by atoms with Crippen LogP contribution in [0, 0.1) is 11.8 Å². The summed E-state index contributed by atoms with van der Waals surface area (Å²) in [5, 5.41) is 0. The van der Waals surface area contributed by atoms with Crippen molar-refractivity contribution in [2.45, 2.75) is 39.5 Å². The summed E-state index contributed by atoms with van der Waals surface area (Å²) in [5.41, 5.74) is 2.79. The van der Waals surface area contributed by atoms with Gasteiger partial charge in [0.25, 0.3) is 0 Å². The minimum Gasteiger partial charge on any atom is -0.312 e. The molecule has 3 rings (SSSR count). The van der Waals surface area contributed by atoms with Crippen molar-refractivity contribution in [3.8, 4) is 0 Å². The first-order chi connectivity index (χ1) is 9.99. The Kier molecular flexibility index (Phi) is 3.91. The standard InChI is InChI=1S/C17H20BrNO2/c1-10(12-5-6-12)17(21)14-9-16-13(8-15(14)18)4-3-7-19(16)11(2)20/h8-10,12H,3-7H2,1-2H3. The Morgan fingerprint density at radius 3 is 2.67 bits per heavy atom. The van der Waals surface area contributed by atoms with Crippen LogP contribution in [0.15, 0.2) is 16.6 Å². The third-order valence-corrected chi connectivity index (χ3v) is 5.33. The maximum Gasteiger partial charge on any atom is 0.223 e. The molecule has 1 aliphatic heterocycles. The van der Waals surface area contributed by atoms with Crippen molar-refractivity contribution in [3.05, 3.63) is 27.7 Å². The molecule has 0 aromatic heterocycles. The van der Waals surface area contributed by atoms with E-state index in [4.69, 9.17) is 0 Å². The summed E-state index contributed by atoms with van der Waals surface area (Å²) >= 11 is 3.55. The van der Waals surface area contributed by atoms with Gasteiger partial charge in [-0.1, -0.05) is 22.9 Å². The summed E-state index contributed by atoms with van der Waals surface area (Å²) in [6.45, 7) is 4.36. The van der Waals surface area contributed by atoms with Gasteiger partial charge in [0.15, 0.2) is 5.78 Å². The molecule has 0 saturated heterocycles. The third kappa shape index (κ3) is 2.78. The number of anilines is 1. The summed E-state index contributed by atoms with van der Waals surface area (Å²) < 4.78 is 0.865. The molecular formula is C17H20BrNO2. The lowest BCUT2D eigenvalue weighted by atomic mass is 9.92. The largest absolute Gasteiger partial charge is 0.312 e. The van der Waals surface area contributed by atoms with Crippen molar-refractivity contribution in [2.24, 2.45) is 11.8 Å². The lowest BCUT2D eigenvalue weighted by Crippen LogP contribution is -2.33. The zero-order chi connectivity index (χ0) is 15.1. The normalized spacial score (nSPS) is 19.1. The molecule has 0 radical (unpaired) electrons. The van der Waals surface area contributed by atoms with E-state index in [0.717, 1.165) is 53.5 Å². The second kappa shape index (κ2) is 5.56. The summed E-state index contributed by atoms with van der Waals surface area (Å²) in [4.78, 5) is 26.3. The zero-order valence-corrected chi connectivity index (χ0v) is 14.1. The quantitative estimate of drug-likeness (QED) is 0.774. The van der Waals surface area contributed by atoms with Crippen LogP contribution in [-0.2, 0) is 11.2 Å². The van der Waals surface area contributed by atoms with Gasteiger partial charge >= 0.3 is 0 Å². The van der Waals surface area contributed by atoms with Crippen molar-refractivity contribution in [2.75, 3.05) is 11.4 Å². The van der Waals surface area contributed by atoms with E-state index in [-0.39, 0.29) is 17.6 Å². The number of ketones is 1. The number of fused-ring (bicyclic) bond motifs is 1. The maximum atomic E-state index is 12.7. The molecule has 0 N–H and O–H groups in total. The van der Waals surface area contributed by atoms with Gasteiger partial charge in [0.05, 0.1) is 0 Å². The predicted molar refractivity (Wildman–Crippen MR) is 86.7 cm³/mol. The van der Waals surface area contributed by atoms with E-state index in [1.807, 2.05) is 19.1 Å². The molecule has 1 atom stereocenters. The van der Waals surface area contributed by atoms with E-state index in [1.165, 1.54) is 0 Å². The number of benzene rings is 1. The number of amides is 1. The molecule has 0 spiro atoms. The van der Waals surface area contributed by atoms with Gasteiger partial charge in [0.2, 0.25) is 5.91 Å². The third-order valence-electron chi connectivity index (χ3n) is 4.68. The molecule has 21 heavy (non-hydrogen) atoms. The molecule has 4 heteroatoms. The van der Waals surface area contributed by atoms with E-state index in [1.54, 1.807) is 11.8 Å². The molecule has 1 saturated carbocycles. The Labute approximate surface area is 133 Å². The first-order valence-corrected chi connectivity index (χ1v) is 8.43. The van der Waals surface area contributed by atoms with Crippen LogP contribution in [0.3, 0.4) is 0 Å². The van der Waals surface area contributed by atoms with Crippen molar-refractivity contribution < 1.29 is 9.59 Å². The number of rotatable bonds is 3. The SMILES string of the molecule is CC(=O)N1CCCc2cc(Br)c(C(=O)C(C)C3CC3)cc21. The molecule has 0 bridgehead atoms. The van der Waals surface area contributed by atoms with Crippen LogP contribution in [-0.4, -0.2) is 18.2 Å². The summed E-state index contributed by atoms with van der Waals surface area (Å²) in [6.07, 6.45) is 4.26. The Balaban J connectivity index is 2.00. The van der Waals surface area contributed by atoms with Crippen molar-refractivity contribution >= 4 is 33.3 Å². The Hall–Kier alpha value is -1.16. The van der Waals surface area contributed by atoms with E-state index in [9.17, 15) is 9.59 Å². The second-order valence-electron chi connectivity index (χ2n) is 6.23. The topological polar surface area (TPSA) is 37.4 Å². The van der Waals surface area contributed by atoms with E-state index >= 15 is 0 Å². The monoisotopic (exact) mass is 349 g/mol. The number of hydrogen-bond acceptors (Lipinski definition) is 2. The second-order valence-corrected chi connectivity index (χ2v) is 7.08. The Morgan fingerprint density at radius 1 is 1.33 bits per heavy atom. The van der Waals surface area contributed by atoms with Crippen LogP contribution in [0.4, 0.5) is 5.69 Å². The molecule has 1 heterocycles. The summed E-state index contributed by atoms with van der Waals surface area (Å²) in [6, 6.07) is 3.94. The molecule has 1 unspecified atom stereocenters. The van der Waals surface area contributed by atoms with Crippen molar-refractivity contribution in [1.29, 1.82) is 0 Å². The lowest BCUT2D eigenvalue weighted by Gasteiger charge is -2.29. The fourth-order valence-electron chi connectivity index (χ4n) is 3.17. The number of halogens is 1. The van der Waals surface area contributed by atoms with Gasteiger partial charge in [0, 0.05) is 35.1 Å². The predicted octanol–water partition coefficient (Wildman–Crippen LogP) is 3.98. The van der Waals surface area contributed by atoms with Crippen LogP contribution in [0.2, 0.25) is 0 Å². The van der Waals surface area contributed by atoms with Gasteiger partial charge in [-0.3, -0.25) is 9.59 Å². The van der Waals surface area contributed by atoms with Gasteiger partial charge in [-0.25, -0.2) is 0 Å². The number of Topliss-reactive ketones (excluding diaryl/α,β-unsaturated/α-hetero) is 1. The summed E-state index contributed by atoms with van der Waals surface area (Å²) in [5.74, 6) is 0.867. The van der Waals surface area contributed by atoms with Crippen molar-refractivity contribution in [3.63, 3.8) is 0 Å². The van der Waals surface area contributed by atoms with E-state index in [2.05, 4.69) is 15.9 Å². The lowest BCUT2D eigenvalue weighted by molar-refractivity contribution is -0.116. The van der Waals surface area contributed by atoms with Crippen LogP contribution in [0.1, 0.15) is 49.0 Å². The molecular weight excluding hydrogens is 330 g/mol. The number of carbonyl (C=O) groups is 2. The highest BCUT2D eigenvalue weighted by atomic mass is 79.9. The number of nitrogens with zero attached hydrogens (tertiary/aromatic N) is 1. The number of carbonyl (C=O) groups excluding carboxylic acids is 2. The van der Waals surface area contributed by atoms with Gasteiger partial charge in [-0.15, -0.1) is 0 Å². The smallest absolute Gasteiger partial charge is 0.223 e. The fourth-order valence-corrected chi connectivity index (χ4v) is 3.76. The van der Waals surface area contributed by atoms with Crippen molar-refractivity contribution in [1.82, 2.24) is 0 Å². The van der Waals surface area contributed by atoms with E-state index < -0.39 is 0 Å². The minimum absolute atomic E-state index is 0.0481. The van der Waals surface area contributed by atoms with E-state index in [0.29, 0.717) is 5.92 Å². The molecule has 1 aromatic carbocycles. The Bertz CT molecular complexity index is 607. The molecule has 2 aliphatic rings. The fraction of sp³-hybridized carbons (Fsp3) is 0.529. The van der Waals surface area contributed by atoms with Gasteiger partial charge in [-0.2, -0.15) is 0 Å². The highest BCUT2D eigenvalue weighted by Crippen LogP contribution is 2.40. The molecule has 1 aromatic rings. The average Bonchev–Trinajstić information content (AvgIpc) is 3.28. The van der Waals surface area contributed by atoms with Gasteiger partial charge in [0.1, 0.15) is 0 Å².